The minimum Gasteiger partial charge on any atom is -0.496 e. The molecule has 28 heavy (non-hydrogen) atoms. The normalized spacial score (nSPS) is 11.4. The van der Waals surface area contributed by atoms with E-state index in [1.54, 1.807) is 26.3 Å². The Morgan fingerprint density at radius 3 is 2.79 bits per heavy atom. The third-order valence-electron chi connectivity index (χ3n) is 4.43. The molecule has 4 heterocycles. The molecule has 5 aromatic rings. The van der Waals surface area contributed by atoms with E-state index in [0.29, 0.717) is 39.5 Å². The number of H-pyrrole nitrogens is 1. The third kappa shape index (κ3) is 2.28. The molecule has 10 heteroatoms. The lowest BCUT2D eigenvalue weighted by atomic mass is 10.1. The van der Waals surface area contributed by atoms with Gasteiger partial charge in [-0.3, -0.25) is 9.89 Å². The van der Waals surface area contributed by atoms with Crippen molar-refractivity contribution < 1.29 is 4.74 Å². The maximum absolute atomic E-state index is 13.4. The summed E-state index contributed by atoms with van der Waals surface area (Å²) in [6.45, 7) is 1.77. The smallest absolute Gasteiger partial charge is 0.269 e. The molecular weight excluding hydrogens is 360 g/mol. The SMILES string of the molecule is COc1ccccc1-c1c2c(=O)n(-c3n[nH]c(C)n3)ccc2nc2ncnn12. The van der Waals surface area contributed by atoms with Gasteiger partial charge in [-0.15, -0.1) is 5.10 Å². The maximum atomic E-state index is 13.4. The van der Waals surface area contributed by atoms with Gasteiger partial charge in [0.05, 0.1) is 23.7 Å². The van der Waals surface area contributed by atoms with Crippen LogP contribution in [0, 0.1) is 6.92 Å². The molecule has 0 radical (unpaired) electrons. The number of para-hydroxylation sites is 1. The van der Waals surface area contributed by atoms with Crippen molar-refractivity contribution in [2.24, 2.45) is 0 Å². The molecule has 0 spiro atoms. The van der Waals surface area contributed by atoms with Crippen molar-refractivity contribution in [1.82, 2.24) is 39.3 Å². The number of hydrogen-bond acceptors (Lipinski definition) is 7. The summed E-state index contributed by atoms with van der Waals surface area (Å²) < 4.78 is 8.42. The number of aromatic amines is 1. The second-order valence-electron chi connectivity index (χ2n) is 6.10. The second kappa shape index (κ2) is 5.98. The zero-order chi connectivity index (χ0) is 19.3. The first-order valence-electron chi connectivity index (χ1n) is 8.45. The van der Waals surface area contributed by atoms with Crippen molar-refractivity contribution >= 4 is 16.7 Å². The predicted molar refractivity (Wildman–Crippen MR) is 101 cm³/mol. The highest BCUT2D eigenvalue weighted by molar-refractivity contribution is 5.94. The van der Waals surface area contributed by atoms with Crippen LogP contribution in [0.25, 0.3) is 33.9 Å². The number of hydrogen-bond donors (Lipinski definition) is 1. The summed E-state index contributed by atoms with van der Waals surface area (Å²) in [7, 11) is 1.58. The van der Waals surface area contributed by atoms with Crippen molar-refractivity contribution in [3.8, 4) is 23.0 Å². The van der Waals surface area contributed by atoms with E-state index >= 15 is 0 Å². The van der Waals surface area contributed by atoms with E-state index in [-0.39, 0.29) is 11.5 Å². The summed E-state index contributed by atoms with van der Waals surface area (Å²) in [5.74, 6) is 1.86. The number of benzene rings is 1. The Hall–Kier alpha value is -4.08. The molecule has 0 bridgehead atoms. The molecule has 0 saturated heterocycles. The summed E-state index contributed by atoms with van der Waals surface area (Å²) in [5.41, 5.74) is 1.42. The molecule has 4 aromatic heterocycles. The van der Waals surface area contributed by atoms with Crippen LogP contribution in [0.15, 0.2) is 47.7 Å². The minimum atomic E-state index is -0.317. The Balaban J connectivity index is 1.95. The number of nitrogens with zero attached hydrogens (tertiary/aromatic N) is 7. The first kappa shape index (κ1) is 16.1. The van der Waals surface area contributed by atoms with E-state index in [0.717, 1.165) is 0 Å². The number of methoxy groups -OCH3 is 1. The highest BCUT2D eigenvalue weighted by Crippen LogP contribution is 2.33. The van der Waals surface area contributed by atoms with Gasteiger partial charge < -0.3 is 4.74 Å². The molecule has 0 atom stereocenters. The fourth-order valence-corrected chi connectivity index (χ4v) is 3.21. The fraction of sp³-hybridized carbons (Fsp3) is 0.111. The standard InChI is InChI=1S/C18H14N8O2/c1-10-21-18(24-23-10)25-8-7-12-14(16(25)27)15(26-17(22-12)19-9-20-26)11-5-3-4-6-13(11)28-2/h3-9H,1-2H3,(H,21,23,24). The van der Waals surface area contributed by atoms with Crippen molar-refractivity contribution in [3.63, 3.8) is 0 Å². The van der Waals surface area contributed by atoms with Crippen LogP contribution in [-0.4, -0.2) is 46.4 Å². The topological polar surface area (TPSA) is 116 Å². The van der Waals surface area contributed by atoms with Gasteiger partial charge in [0.25, 0.3) is 17.3 Å². The van der Waals surface area contributed by atoms with Crippen molar-refractivity contribution in [3.05, 3.63) is 59.0 Å². The Bertz CT molecular complexity index is 1400. The molecule has 0 saturated carbocycles. The molecule has 0 aliphatic heterocycles. The Labute approximate surface area is 157 Å². The second-order valence-corrected chi connectivity index (χ2v) is 6.10. The lowest BCUT2D eigenvalue weighted by molar-refractivity contribution is 0.416. The van der Waals surface area contributed by atoms with E-state index in [1.165, 1.54) is 15.4 Å². The number of fused-ring (bicyclic) bond motifs is 2. The van der Waals surface area contributed by atoms with Gasteiger partial charge in [0, 0.05) is 11.8 Å². The van der Waals surface area contributed by atoms with Gasteiger partial charge in [0.15, 0.2) is 0 Å². The van der Waals surface area contributed by atoms with Gasteiger partial charge in [0.2, 0.25) is 0 Å². The average Bonchev–Trinajstić information content (AvgIpc) is 3.35. The molecule has 138 valence electrons. The first-order valence-corrected chi connectivity index (χ1v) is 8.45. The van der Waals surface area contributed by atoms with E-state index in [1.807, 2.05) is 24.3 Å². The number of aromatic nitrogens is 8. The third-order valence-corrected chi connectivity index (χ3v) is 4.43. The number of pyridine rings is 1. The molecule has 0 aliphatic carbocycles. The molecule has 10 nitrogen and oxygen atoms in total. The van der Waals surface area contributed by atoms with Crippen molar-refractivity contribution in [1.29, 1.82) is 0 Å². The Morgan fingerprint density at radius 1 is 1.14 bits per heavy atom. The van der Waals surface area contributed by atoms with Crippen LogP contribution in [0.5, 0.6) is 5.75 Å². The lowest BCUT2D eigenvalue weighted by Gasteiger charge is -2.12. The fourth-order valence-electron chi connectivity index (χ4n) is 3.21. The molecule has 0 aliphatic rings. The lowest BCUT2D eigenvalue weighted by Crippen LogP contribution is -2.21. The molecular formula is C18H14N8O2. The highest BCUT2D eigenvalue weighted by atomic mass is 16.5. The predicted octanol–water partition coefficient (Wildman–Crippen LogP) is 1.53. The van der Waals surface area contributed by atoms with E-state index in [4.69, 9.17) is 4.74 Å². The van der Waals surface area contributed by atoms with Crippen LogP contribution < -0.4 is 10.3 Å². The zero-order valence-corrected chi connectivity index (χ0v) is 15.0. The average molecular weight is 374 g/mol. The van der Waals surface area contributed by atoms with Crippen molar-refractivity contribution in [2.45, 2.75) is 6.92 Å². The number of aryl methyl sites for hydroxylation is 1. The molecule has 1 N–H and O–H groups in total. The van der Waals surface area contributed by atoms with Gasteiger partial charge >= 0.3 is 0 Å². The Morgan fingerprint density at radius 2 is 2.00 bits per heavy atom. The quantitative estimate of drug-likeness (QED) is 0.509. The number of nitrogens with one attached hydrogen (secondary N) is 1. The van der Waals surface area contributed by atoms with Gasteiger partial charge in [-0.25, -0.2) is 9.55 Å². The van der Waals surface area contributed by atoms with Gasteiger partial charge in [-0.2, -0.15) is 19.6 Å². The van der Waals surface area contributed by atoms with E-state index in [9.17, 15) is 4.79 Å². The highest BCUT2D eigenvalue weighted by Gasteiger charge is 2.20. The number of rotatable bonds is 3. The van der Waals surface area contributed by atoms with Gasteiger partial charge in [-0.05, 0) is 25.1 Å². The Kier molecular flexibility index (Phi) is 3.44. The summed E-state index contributed by atoms with van der Waals surface area (Å²) in [6.07, 6.45) is 3.00. The monoisotopic (exact) mass is 374 g/mol. The van der Waals surface area contributed by atoms with Gasteiger partial charge in [0.1, 0.15) is 17.9 Å². The van der Waals surface area contributed by atoms with E-state index < -0.39 is 0 Å². The summed E-state index contributed by atoms with van der Waals surface area (Å²) in [6, 6.07) is 9.15. The largest absolute Gasteiger partial charge is 0.496 e. The van der Waals surface area contributed by atoms with Crippen LogP contribution in [0.2, 0.25) is 0 Å². The summed E-state index contributed by atoms with van der Waals surface area (Å²) in [5, 5.41) is 11.5. The first-order chi connectivity index (χ1) is 13.7. The van der Waals surface area contributed by atoms with Gasteiger partial charge in [-0.1, -0.05) is 12.1 Å². The molecule has 0 unspecified atom stereocenters. The molecule has 5 rings (SSSR count). The molecule has 0 fully saturated rings. The van der Waals surface area contributed by atoms with Crippen LogP contribution in [-0.2, 0) is 0 Å². The van der Waals surface area contributed by atoms with Crippen LogP contribution in [0.3, 0.4) is 0 Å². The van der Waals surface area contributed by atoms with Crippen molar-refractivity contribution in [2.75, 3.05) is 7.11 Å². The van der Waals surface area contributed by atoms with Crippen LogP contribution in [0.1, 0.15) is 5.82 Å². The molecule has 0 amide bonds. The van der Waals surface area contributed by atoms with Crippen LogP contribution >= 0.6 is 0 Å². The maximum Gasteiger partial charge on any atom is 0.269 e. The minimum absolute atomic E-state index is 0.258. The summed E-state index contributed by atoms with van der Waals surface area (Å²) >= 11 is 0. The molecule has 1 aromatic carbocycles. The van der Waals surface area contributed by atoms with E-state index in [2.05, 4.69) is 30.2 Å². The van der Waals surface area contributed by atoms with Crippen LogP contribution in [0.4, 0.5) is 0 Å². The zero-order valence-electron chi connectivity index (χ0n) is 15.0. The number of ether oxygens (including phenoxy) is 1. The summed E-state index contributed by atoms with van der Waals surface area (Å²) in [4.78, 5) is 26.3.